The van der Waals surface area contributed by atoms with E-state index in [0.29, 0.717) is 6.42 Å². The van der Waals surface area contributed by atoms with E-state index in [9.17, 15) is 13.0 Å². The normalized spacial score (nSPS) is 19.5. The molecule has 0 aromatic heterocycles. The maximum Gasteiger partial charge on any atom is 0.0945 e. The molecule has 1 aliphatic carbocycles. The van der Waals surface area contributed by atoms with Crippen LogP contribution in [0.15, 0.2) is 0 Å². The zero-order valence-corrected chi connectivity index (χ0v) is 8.68. The average molecular weight is 205 g/mol. The summed E-state index contributed by atoms with van der Waals surface area (Å²) in [6.07, 6.45) is 7.79. The highest BCUT2D eigenvalue weighted by Gasteiger charge is 2.13. The highest BCUT2D eigenvalue weighted by molar-refractivity contribution is 7.85. The zero-order valence-electron chi connectivity index (χ0n) is 7.87. The third-order valence-corrected chi connectivity index (χ3v) is 3.52. The first kappa shape index (κ1) is 11.0. The summed E-state index contributed by atoms with van der Waals surface area (Å²) in [7, 11) is -3.97. The van der Waals surface area contributed by atoms with Crippen molar-refractivity contribution < 1.29 is 13.0 Å². The lowest BCUT2D eigenvalue weighted by Gasteiger charge is -2.09. The first-order chi connectivity index (χ1) is 6.08. The summed E-state index contributed by atoms with van der Waals surface area (Å²) in [5, 5.41) is 0. The average Bonchev–Trinajstić information content (AvgIpc) is 2.48. The Hall–Kier alpha value is -0.0900. The van der Waals surface area contributed by atoms with Crippen molar-refractivity contribution in [3.63, 3.8) is 0 Å². The molecule has 0 unspecified atom stereocenters. The SMILES string of the molecule is O=S(=O)([O-])CCCCC1CCCC1. The van der Waals surface area contributed by atoms with Gasteiger partial charge in [-0.3, -0.25) is 0 Å². The summed E-state index contributed by atoms with van der Waals surface area (Å²) in [6.45, 7) is 0. The summed E-state index contributed by atoms with van der Waals surface area (Å²) in [5.74, 6) is 0.619. The van der Waals surface area contributed by atoms with Gasteiger partial charge < -0.3 is 4.55 Å². The summed E-state index contributed by atoms with van der Waals surface area (Å²) in [4.78, 5) is 0. The highest BCUT2D eigenvalue weighted by atomic mass is 32.2. The smallest absolute Gasteiger partial charge is 0.0945 e. The Bertz CT molecular complexity index is 227. The Morgan fingerprint density at radius 3 is 2.31 bits per heavy atom. The lowest BCUT2D eigenvalue weighted by atomic mass is 10.0. The Labute approximate surface area is 80.3 Å². The van der Waals surface area contributed by atoms with Crippen LogP contribution in [0, 0.1) is 5.92 Å². The summed E-state index contributed by atoms with van der Waals surface area (Å²) < 4.78 is 30.8. The van der Waals surface area contributed by atoms with Gasteiger partial charge in [-0.1, -0.05) is 38.5 Å². The molecule has 1 fully saturated rings. The van der Waals surface area contributed by atoms with Gasteiger partial charge in [0, 0.05) is 5.75 Å². The molecule has 0 aromatic rings. The summed E-state index contributed by atoms with van der Waals surface area (Å²) in [6, 6.07) is 0. The van der Waals surface area contributed by atoms with Crippen LogP contribution < -0.4 is 0 Å². The van der Waals surface area contributed by atoms with Crippen molar-refractivity contribution in [2.75, 3.05) is 5.75 Å². The van der Waals surface area contributed by atoms with Crippen LogP contribution >= 0.6 is 0 Å². The van der Waals surface area contributed by atoms with Gasteiger partial charge in [0.1, 0.15) is 0 Å². The van der Waals surface area contributed by atoms with Gasteiger partial charge >= 0.3 is 0 Å². The van der Waals surface area contributed by atoms with Crippen LogP contribution in [0.4, 0.5) is 0 Å². The molecule has 0 heterocycles. The molecule has 3 nitrogen and oxygen atoms in total. The first-order valence-electron chi connectivity index (χ1n) is 5.01. The molecule has 1 aliphatic rings. The molecule has 4 heteroatoms. The largest absolute Gasteiger partial charge is 0.748 e. The van der Waals surface area contributed by atoms with Gasteiger partial charge in [-0.2, -0.15) is 0 Å². The molecule has 78 valence electrons. The van der Waals surface area contributed by atoms with E-state index in [-0.39, 0.29) is 5.75 Å². The molecule has 0 aliphatic heterocycles. The summed E-state index contributed by atoms with van der Waals surface area (Å²) >= 11 is 0. The fourth-order valence-corrected chi connectivity index (χ4v) is 2.57. The van der Waals surface area contributed by atoms with Crippen LogP contribution in [0.3, 0.4) is 0 Å². The Kier molecular flexibility index (Phi) is 4.19. The van der Waals surface area contributed by atoms with Crippen molar-refractivity contribution in [2.24, 2.45) is 5.92 Å². The van der Waals surface area contributed by atoms with Crippen molar-refractivity contribution in [3.8, 4) is 0 Å². The molecule has 0 amide bonds. The highest BCUT2D eigenvalue weighted by Crippen LogP contribution is 2.28. The molecule has 0 saturated heterocycles. The number of hydrogen-bond acceptors (Lipinski definition) is 3. The quantitative estimate of drug-likeness (QED) is 0.508. The minimum atomic E-state index is -3.97. The van der Waals surface area contributed by atoms with Gasteiger partial charge in [-0.05, 0) is 12.3 Å². The van der Waals surface area contributed by atoms with E-state index >= 15 is 0 Å². The third-order valence-electron chi connectivity index (χ3n) is 2.73. The van der Waals surface area contributed by atoms with Gasteiger partial charge in [0.15, 0.2) is 0 Å². The fourth-order valence-electron chi connectivity index (χ4n) is 2.01. The maximum absolute atomic E-state index is 10.3. The Balaban J connectivity index is 2.01. The van der Waals surface area contributed by atoms with Gasteiger partial charge in [0.05, 0.1) is 10.1 Å². The van der Waals surface area contributed by atoms with E-state index in [2.05, 4.69) is 0 Å². The van der Waals surface area contributed by atoms with Crippen LogP contribution in [0.25, 0.3) is 0 Å². The van der Waals surface area contributed by atoms with Crippen molar-refractivity contribution in [1.82, 2.24) is 0 Å². The third kappa shape index (κ3) is 5.26. The van der Waals surface area contributed by atoms with E-state index < -0.39 is 10.1 Å². The molecule has 1 rings (SSSR count). The van der Waals surface area contributed by atoms with Crippen LogP contribution in [-0.2, 0) is 10.1 Å². The van der Waals surface area contributed by atoms with E-state index in [1.165, 1.54) is 25.7 Å². The molecule has 0 spiro atoms. The first-order valence-corrected chi connectivity index (χ1v) is 6.59. The van der Waals surface area contributed by atoms with E-state index in [4.69, 9.17) is 0 Å². The standard InChI is InChI=1S/C9H18O3S/c10-13(11,12)8-4-3-7-9-5-1-2-6-9/h9H,1-8H2,(H,10,11,12)/p-1. The Morgan fingerprint density at radius 1 is 1.15 bits per heavy atom. The lowest BCUT2D eigenvalue weighted by Crippen LogP contribution is -2.04. The maximum atomic E-state index is 10.3. The van der Waals surface area contributed by atoms with Gasteiger partial charge in [0.2, 0.25) is 0 Å². The molecular weight excluding hydrogens is 188 g/mol. The van der Waals surface area contributed by atoms with Gasteiger partial charge in [-0.25, -0.2) is 8.42 Å². The van der Waals surface area contributed by atoms with Crippen molar-refractivity contribution in [2.45, 2.75) is 44.9 Å². The summed E-state index contributed by atoms with van der Waals surface area (Å²) in [5.41, 5.74) is 0. The monoisotopic (exact) mass is 205 g/mol. The topological polar surface area (TPSA) is 57.2 Å². The molecule has 0 radical (unpaired) electrons. The molecule has 1 saturated carbocycles. The van der Waals surface area contributed by atoms with Crippen molar-refractivity contribution >= 4 is 10.1 Å². The zero-order chi connectivity index (χ0) is 9.73. The van der Waals surface area contributed by atoms with Crippen LogP contribution in [0.5, 0.6) is 0 Å². The minimum Gasteiger partial charge on any atom is -0.748 e. The van der Waals surface area contributed by atoms with Crippen LogP contribution in [0.1, 0.15) is 44.9 Å². The van der Waals surface area contributed by atoms with Crippen molar-refractivity contribution in [1.29, 1.82) is 0 Å². The fraction of sp³-hybridized carbons (Fsp3) is 1.00. The van der Waals surface area contributed by atoms with E-state index in [1.54, 1.807) is 0 Å². The van der Waals surface area contributed by atoms with Crippen LogP contribution in [-0.4, -0.2) is 18.7 Å². The molecule has 0 aromatic carbocycles. The predicted molar refractivity (Wildman–Crippen MR) is 50.4 cm³/mol. The minimum absolute atomic E-state index is 0.181. The van der Waals surface area contributed by atoms with E-state index in [0.717, 1.165) is 18.8 Å². The lowest BCUT2D eigenvalue weighted by molar-refractivity contribution is 0.450. The predicted octanol–water partition coefficient (Wildman–Crippen LogP) is 1.89. The second kappa shape index (κ2) is 4.96. The second-order valence-electron chi connectivity index (χ2n) is 3.91. The van der Waals surface area contributed by atoms with Crippen molar-refractivity contribution in [3.05, 3.63) is 0 Å². The van der Waals surface area contributed by atoms with Gasteiger partial charge in [0.25, 0.3) is 0 Å². The molecule has 0 atom stereocenters. The number of hydrogen-bond donors (Lipinski definition) is 0. The second-order valence-corrected chi connectivity index (χ2v) is 5.43. The Morgan fingerprint density at radius 2 is 1.77 bits per heavy atom. The number of unbranched alkanes of at least 4 members (excludes halogenated alkanes) is 1. The molecule has 0 bridgehead atoms. The van der Waals surface area contributed by atoms with Gasteiger partial charge in [-0.15, -0.1) is 0 Å². The van der Waals surface area contributed by atoms with E-state index in [1.807, 2.05) is 0 Å². The molecule has 0 N–H and O–H groups in total. The number of rotatable bonds is 5. The molecular formula is C9H17O3S-. The van der Waals surface area contributed by atoms with Crippen LogP contribution in [0.2, 0.25) is 0 Å². The molecule has 13 heavy (non-hydrogen) atoms.